The van der Waals surface area contributed by atoms with E-state index in [0.29, 0.717) is 0 Å². The lowest BCUT2D eigenvalue weighted by atomic mass is 10.1. The maximum atomic E-state index is 3.50. The summed E-state index contributed by atoms with van der Waals surface area (Å²) in [7, 11) is 0. The van der Waals surface area contributed by atoms with Gasteiger partial charge in [-0.05, 0) is 31.0 Å². The van der Waals surface area contributed by atoms with Crippen molar-refractivity contribution < 1.29 is 0 Å². The first kappa shape index (κ1) is 13.4. The van der Waals surface area contributed by atoms with Gasteiger partial charge >= 0.3 is 0 Å². The number of hydrogen-bond donors (Lipinski definition) is 1. The van der Waals surface area contributed by atoms with Gasteiger partial charge in [0, 0.05) is 36.1 Å². The van der Waals surface area contributed by atoms with Gasteiger partial charge in [0.15, 0.2) is 0 Å². The van der Waals surface area contributed by atoms with Gasteiger partial charge in [-0.25, -0.2) is 0 Å². The van der Waals surface area contributed by atoms with Crippen LogP contribution in [0.15, 0.2) is 24.3 Å². The summed E-state index contributed by atoms with van der Waals surface area (Å²) in [5, 5.41) is 4.97. The second-order valence-corrected chi connectivity index (χ2v) is 4.84. The van der Waals surface area contributed by atoms with Crippen molar-refractivity contribution in [1.29, 1.82) is 0 Å². The third kappa shape index (κ3) is 2.15. The van der Waals surface area contributed by atoms with Gasteiger partial charge in [0.05, 0.1) is 0 Å². The Bertz CT molecular complexity index is 516. The summed E-state index contributed by atoms with van der Waals surface area (Å²) in [6.07, 6.45) is 3.55. The van der Waals surface area contributed by atoms with Gasteiger partial charge in [-0.3, -0.25) is 0 Å². The van der Waals surface area contributed by atoms with E-state index in [2.05, 4.69) is 41.1 Å². The number of nitrogens with zero attached hydrogens (tertiary/aromatic N) is 1. The number of aryl methyl sites for hydroxylation is 1. The molecule has 0 saturated heterocycles. The predicted molar refractivity (Wildman–Crippen MR) is 79.8 cm³/mol. The van der Waals surface area contributed by atoms with Gasteiger partial charge in [0.2, 0.25) is 0 Å². The van der Waals surface area contributed by atoms with Crippen LogP contribution in [0, 0.1) is 0 Å². The Morgan fingerprint density at radius 2 is 1.94 bits per heavy atom. The minimum atomic E-state index is 0. The average molecular weight is 265 g/mol. The highest BCUT2D eigenvalue weighted by atomic mass is 35.5. The number of hydrogen-bond acceptors (Lipinski definition) is 1. The van der Waals surface area contributed by atoms with E-state index in [0.717, 1.165) is 19.6 Å². The molecular formula is C15H21ClN2. The molecular weight excluding hydrogens is 244 g/mol. The van der Waals surface area contributed by atoms with Crippen LogP contribution >= 0.6 is 12.4 Å². The number of benzene rings is 1. The second kappa shape index (κ2) is 5.77. The van der Waals surface area contributed by atoms with Gasteiger partial charge in [0.25, 0.3) is 0 Å². The Labute approximate surface area is 115 Å². The largest absolute Gasteiger partial charge is 0.344 e. The Hall–Kier alpha value is -0.990. The van der Waals surface area contributed by atoms with Crippen LogP contribution in [0.1, 0.15) is 24.6 Å². The minimum Gasteiger partial charge on any atom is -0.344 e. The number of nitrogens with one attached hydrogen (secondary N) is 1. The Balaban J connectivity index is 0.00000120. The first-order valence-corrected chi connectivity index (χ1v) is 6.71. The maximum Gasteiger partial charge on any atom is 0.0485 e. The highest BCUT2D eigenvalue weighted by Gasteiger charge is 2.17. The lowest BCUT2D eigenvalue weighted by Gasteiger charge is -2.09. The predicted octanol–water partition coefficient (Wildman–Crippen LogP) is 3.16. The molecule has 0 unspecified atom stereocenters. The molecule has 2 heterocycles. The van der Waals surface area contributed by atoms with Crippen molar-refractivity contribution >= 4 is 23.3 Å². The maximum absolute atomic E-state index is 3.50. The van der Waals surface area contributed by atoms with Crippen LogP contribution in [0.2, 0.25) is 0 Å². The number of fused-ring (bicyclic) bond motifs is 3. The van der Waals surface area contributed by atoms with Crippen LogP contribution in [-0.4, -0.2) is 17.7 Å². The van der Waals surface area contributed by atoms with Crippen molar-refractivity contribution in [3.05, 3.63) is 35.5 Å². The molecule has 98 valence electrons. The first-order valence-electron chi connectivity index (χ1n) is 6.71. The molecule has 2 aromatic rings. The summed E-state index contributed by atoms with van der Waals surface area (Å²) in [4.78, 5) is 0. The quantitative estimate of drug-likeness (QED) is 0.882. The SMILES string of the molecule is CCCn1c2c(c3ccccc31)CCNCC2.Cl. The number of aromatic nitrogens is 1. The molecule has 2 nitrogen and oxygen atoms in total. The van der Waals surface area contributed by atoms with Gasteiger partial charge in [-0.2, -0.15) is 0 Å². The standard InChI is InChI=1S/C15H20N2.ClH/c1-2-11-17-14-6-4-3-5-12(14)13-7-9-16-10-8-15(13)17;/h3-6,16H,2,7-11H2,1H3;1H. The third-order valence-corrected chi connectivity index (χ3v) is 3.73. The van der Waals surface area contributed by atoms with Crippen molar-refractivity contribution in [2.24, 2.45) is 0 Å². The molecule has 0 saturated carbocycles. The fourth-order valence-electron chi connectivity index (χ4n) is 3.02. The van der Waals surface area contributed by atoms with Crippen molar-refractivity contribution in [3.8, 4) is 0 Å². The van der Waals surface area contributed by atoms with E-state index in [1.165, 1.54) is 30.2 Å². The molecule has 1 aromatic heterocycles. The molecule has 1 aromatic carbocycles. The van der Waals surface area contributed by atoms with Gasteiger partial charge in [0.1, 0.15) is 0 Å². The molecule has 18 heavy (non-hydrogen) atoms. The van der Waals surface area contributed by atoms with Crippen molar-refractivity contribution in [1.82, 2.24) is 9.88 Å². The summed E-state index contributed by atoms with van der Waals surface area (Å²) < 4.78 is 2.54. The van der Waals surface area contributed by atoms with E-state index >= 15 is 0 Å². The fourth-order valence-corrected chi connectivity index (χ4v) is 3.02. The van der Waals surface area contributed by atoms with E-state index in [-0.39, 0.29) is 12.4 Å². The smallest absolute Gasteiger partial charge is 0.0485 e. The van der Waals surface area contributed by atoms with Crippen LogP contribution < -0.4 is 5.32 Å². The highest BCUT2D eigenvalue weighted by molar-refractivity contribution is 5.86. The summed E-state index contributed by atoms with van der Waals surface area (Å²) in [6.45, 7) is 5.64. The Morgan fingerprint density at radius 1 is 1.17 bits per heavy atom. The van der Waals surface area contributed by atoms with Crippen LogP contribution in [0.3, 0.4) is 0 Å². The summed E-state index contributed by atoms with van der Waals surface area (Å²) in [5.41, 5.74) is 4.58. The monoisotopic (exact) mass is 264 g/mol. The Morgan fingerprint density at radius 3 is 2.78 bits per heavy atom. The molecule has 0 fully saturated rings. The van der Waals surface area contributed by atoms with Crippen LogP contribution in [0.25, 0.3) is 10.9 Å². The summed E-state index contributed by atoms with van der Waals surface area (Å²) in [6, 6.07) is 8.88. The second-order valence-electron chi connectivity index (χ2n) is 4.84. The zero-order valence-corrected chi connectivity index (χ0v) is 11.7. The highest BCUT2D eigenvalue weighted by Crippen LogP contribution is 2.28. The van der Waals surface area contributed by atoms with Gasteiger partial charge in [-0.1, -0.05) is 25.1 Å². The molecule has 1 aliphatic rings. The van der Waals surface area contributed by atoms with E-state index in [4.69, 9.17) is 0 Å². The number of halogens is 1. The fraction of sp³-hybridized carbons (Fsp3) is 0.467. The van der Waals surface area contributed by atoms with Crippen molar-refractivity contribution in [2.45, 2.75) is 32.7 Å². The molecule has 0 aliphatic carbocycles. The molecule has 1 aliphatic heterocycles. The molecule has 0 atom stereocenters. The van der Waals surface area contributed by atoms with E-state index in [1.807, 2.05) is 0 Å². The van der Waals surface area contributed by atoms with E-state index < -0.39 is 0 Å². The molecule has 1 N–H and O–H groups in total. The van der Waals surface area contributed by atoms with E-state index in [9.17, 15) is 0 Å². The van der Waals surface area contributed by atoms with Crippen LogP contribution in [0.5, 0.6) is 0 Å². The molecule has 3 rings (SSSR count). The van der Waals surface area contributed by atoms with Crippen LogP contribution in [-0.2, 0) is 19.4 Å². The first-order chi connectivity index (χ1) is 8.42. The topological polar surface area (TPSA) is 17.0 Å². The van der Waals surface area contributed by atoms with Crippen molar-refractivity contribution in [3.63, 3.8) is 0 Å². The minimum absolute atomic E-state index is 0. The van der Waals surface area contributed by atoms with Crippen LogP contribution in [0.4, 0.5) is 0 Å². The lowest BCUT2D eigenvalue weighted by molar-refractivity contribution is 0.650. The van der Waals surface area contributed by atoms with Gasteiger partial charge in [-0.15, -0.1) is 12.4 Å². The number of rotatable bonds is 2. The zero-order valence-electron chi connectivity index (χ0n) is 10.9. The molecule has 0 radical (unpaired) electrons. The third-order valence-electron chi connectivity index (χ3n) is 3.73. The molecule has 0 spiro atoms. The summed E-state index contributed by atoms with van der Waals surface area (Å²) >= 11 is 0. The molecule has 3 heteroatoms. The van der Waals surface area contributed by atoms with Crippen molar-refractivity contribution in [2.75, 3.05) is 13.1 Å². The Kier molecular flexibility index (Phi) is 4.31. The van der Waals surface area contributed by atoms with E-state index in [1.54, 1.807) is 11.3 Å². The lowest BCUT2D eigenvalue weighted by Crippen LogP contribution is -2.17. The molecule has 0 amide bonds. The summed E-state index contributed by atoms with van der Waals surface area (Å²) in [5.74, 6) is 0. The normalized spacial score (nSPS) is 14.9. The van der Waals surface area contributed by atoms with Gasteiger partial charge < -0.3 is 9.88 Å². The average Bonchev–Trinajstić information content (AvgIpc) is 2.55. The number of para-hydroxylation sites is 1. The molecule has 0 bridgehead atoms. The zero-order chi connectivity index (χ0) is 11.7.